The number of aromatic nitrogens is 2. The Bertz CT molecular complexity index is 592. The van der Waals surface area contributed by atoms with Crippen LogP contribution in [0, 0.1) is 13.8 Å². The minimum Gasteiger partial charge on any atom is -0.271 e. The molecular formula is C15H21ClN4. The predicted octanol–water partition coefficient (Wildman–Crippen LogP) is 2.92. The molecule has 2 aromatic rings. The normalized spacial score (nSPS) is 12.7. The smallest absolute Gasteiger partial charge is 0.0834 e. The van der Waals surface area contributed by atoms with Crippen molar-refractivity contribution in [1.29, 1.82) is 0 Å². The number of hydrazine groups is 1. The SMILES string of the molecule is CCn1ncc(Cl)c1C(Cc1cc(C)ccc1C)NN. The van der Waals surface area contributed by atoms with Gasteiger partial charge in [-0.25, -0.2) is 0 Å². The number of aryl methyl sites for hydroxylation is 3. The van der Waals surface area contributed by atoms with Gasteiger partial charge in [0.2, 0.25) is 0 Å². The van der Waals surface area contributed by atoms with E-state index < -0.39 is 0 Å². The highest BCUT2D eigenvalue weighted by atomic mass is 35.5. The van der Waals surface area contributed by atoms with Crippen molar-refractivity contribution in [2.75, 3.05) is 0 Å². The van der Waals surface area contributed by atoms with E-state index in [9.17, 15) is 0 Å². The molecule has 0 aliphatic rings. The Kier molecular flexibility index (Phi) is 4.81. The highest BCUT2D eigenvalue weighted by molar-refractivity contribution is 6.31. The molecule has 1 aromatic heterocycles. The number of rotatable bonds is 5. The van der Waals surface area contributed by atoms with Crippen molar-refractivity contribution in [2.45, 2.75) is 39.8 Å². The van der Waals surface area contributed by atoms with Crippen LogP contribution in [0.5, 0.6) is 0 Å². The first-order valence-corrected chi connectivity index (χ1v) is 7.18. The van der Waals surface area contributed by atoms with Crippen molar-refractivity contribution in [3.05, 3.63) is 51.8 Å². The summed E-state index contributed by atoms with van der Waals surface area (Å²) >= 11 is 6.26. The summed E-state index contributed by atoms with van der Waals surface area (Å²) in [5.41, 5.74) is 7.59. The third-order valence-corrected chi connectivity index (χ3v) is 3.88. The van der Waals surface area contributed by atoms with E-state index in [0.29, 0.717) is 5.02 Å². The van der Waals surface area contributed by atoms with Crippen LogP contribution in [-0.4, -0.2) is 9.78 Å². The number of hydrogen-bond acceptors (Lipinski definition) is 3. The van der Waals surface area contributed by atoms with Gasteiger partial charge in [0.25, 0.3) is 0 Å². The highest BCUT2D eigenvalue weighted by Crippen LogP contribution is 2.26. The van der Waals surface area contributed by atoms with Crippen molar-refractivity contribution >= 4 is 11.6 Å². The summed E-state index contributed by atoms with van der Waals surface area (Å²) < 4.78 is 1.89. The lowest BCUT2D eigenvalue weighted by Crippen LogP contribution is -2.31. The number of nitrogens with zero attached hydrogens (tertiary/aromatic N) is 2. The fourth-order valence-corrected chi connectivity index (χ4v) is 2.72. The lowest BCUT2D eigenvalue weighted by atomic mass is 9.97. The summed E-state index contributed by atoms with van der Waals surface area (Å²) in [7, 11) is 0. The standard InChI is InChI=1S/C15H21ClN4/c1-4-20-15(13(16)9-18-20)14(19-17)8-12-7-10(2)5-6-11(12)3/h5-7,9,14,19H,4,8,17H2,1-3H3. The molecule has 1 atom stereocenters. The average Bonchev–Trinajstić information content (AvgIpc) is 2.81. The number of hydrogen-bond donors (Lipinski definition) is 2. The molecule has 0 saturated carbocycles. The van der Waals surface area contributed by atoms with Crippen LogP contribution < -0.4 is 11.3 Å². The molecule has 5 heteroatoms. The molecule has 108 valence electrons. The molecule has 3 N–H and O–H groups in total. The third kappa shape index (κ3) is 3.03. The Labute approximate surface area is 124 Å². The van der Waals surface area contributed by atoms with E-state index in [1.54, 1.807) is 6.20 Å². The second-order valence-electron chi connectivity index (χ2n) is 5.05. The van der Waals surface area contributed by atoms with Crippen molar-refractivity contribution in [1.82, 2.24) is 15.2 Å². The molecule has 0 bridgehead atoms. The zero-order chi connectivity index (χ0) is 14.7. The average molecular weight is 293 g/mol. The van der Waals surface area contributed by atoms with Gasteiger partial charge in [-0.15, -0.1) is 0 Å². The quantitative estimate of drug-likeness (QED) is 0.658. The van der Waals surface area contributed by atoms with Crippen molar-refractivity contribution < 1.29 is 0 Å². The minimum atomic E-state index is -0.0505. The van der Waals surface area contributed by atoms with Gasteiger partial charge < -0.3 is 0 Å². The Morgan fingerprint density at radius 2 is 2.15 bits per heavy atom. The van der Waals surface area contributed by atoms with Crippen LogP contribution >= 0.6 is 11.6 Å². The molecule has 2 rings (SSSR count). The van der Waals surface area contributed by atoms with Gasteiger partial charge >= 0.3 is 0 Å². The minimum absolute atomic E-state index is 0.0505. The fraction of sp³-hybridized carbons (Fsp3) is 0.400. The molecule has 1 unspecified atom stereocenters. The predicted molar refractivity (Wildman–Crippen MR) is 82.6 cm³/mol. The van der Waals surface area contributed by atoms with E-state index in [2.05, 4.69) is 42.6 Å². The monoisotopic (exact) mass is 292 g/mol. The molecule has 4 nitrogen and oxygen atoms in total. The molecule has 0 amide bonds. The third-order valence-electron chi connectivity index (χ3n) is 3.59. The Hall–Kier alpha value is -1.36. The van der Waals surface area contributed by atoms with Gasteiger partial charge in [0, 0.05) is 6.54 Å². The van der Waals surface area contributed by atoms with Crippen molar-refractivity contribution in [3.8, 4) is 0 Å². The summed E-state index contributed by atoms with van der Waals surface area (Å²) in [6, 6.07) is 6.40. The Balaban J connectivity index is 2.33. The zero-order valence-electron chi connectivity index (χ0n) is 12.2. The lowest BCUT2D eigenvalue weighted by Gasteiger charge is -2.19. The van der Waals surface area contributed by atoms with Crippen molar-refractivity contribution in [3.63, 3.8) is 0 Å². The second kappa shape index (κ2) is 6.39. The van der Waals surface area contributed by atoms with Crippen LogP contribution in [0.4, 0.5) is 0 Å². The number of benzene rings is 1. The molecule has 1 heterocycles. The van der Waals surface area contributed by atoms with Gasteiger partial charge in [0.15, 0.2) is 0 Å². The van der Waals surface area contributed by atoms with Crippen LogP contribution in [-0.2, 0) is 13.0 Å². The first kappa shape index (κ1) is 15.0. The summed E-state index contributed by atoms with van der Waals surface area (Å²) in [6.07, 6.45) is 2.46. The molecule has 0 fully saturated rings. The molecule has 0 saturated heterocycles. The molecule has 0 spiro atoms. The highest BCUT2D eigenvalue weighted by Gasteiger charge is 2.20. The first-order chi connectivity index (χ1) is 9.56. The summed E-state index contributed by atoms with van der Waals surface area (Å²) in [5, 5.41) is 4.93. The summed E-state index contributed by atoms with van der Waals surface area (Å²) in [4.78, 5) is 0. The van der Waals surface area contributed by atoms with Gasteiger partial charge in [-0.2, -0.15) is 5.10 Å². The number of nitrogens with one attached hydrogen (secondary N) is 1. The van der Waals surface area contributed by atoms with E-state index in [-0.39, 0.29) is 6.04 Å². The van der Waals surface area contributed by atoms with Gasteiger partial charge in [-0.1, -0.05) is 35.4 Å². The maximum absolute atomic E-state index is 6.26. The molecule has 0 aliphatic carbocycles. The molecule has 20 heavy (non-hydrogen) atoms. The first-order valence-electron chi connectivity index (χ1n) is 6.80. The topological polar surface area (TPSA) is 55.9 Å². The van der Waals surface area contributed by atoms with Gasteiger partial charge in [0.1, 0.15) is 0 Å². The summed E-state index contributed by atoms with van der Waals surface area (Å²) in [6.45, 7) is 7.02. The Morgan fingerprint density at radius 3 is 2.80 bits per heavy atom. The van der Waals surface area contributed by atoms with Crippen LogP contribution in [0.25, 0.3) is 0 Å². The van der Waals surface area contributed by atoms with Gasteiger partial charge in [-0.05, 0) is 38.3 Å². The molecule has 1 aromatic carbocycles. The van der Waals surface area contributed by atoms with Crippen LogP contribution in [0.15, 0.2) is 24.4 Å². The molecule has 0 aliphatic heterocycles. The molecule has 0 radical (unpaired) electrons. The lowest BCUT2D eigenvalue weighted by molar-refractivity contribution is 0.490. The van der Waals surface area contributed by atoms with E-state index in [1.165, 1.54) is 16.7 Å². The Morgan fingerprint density at radius 1 is 1.40 bits per heavy atom. The second-order valence-corrected chi connectivity index (χ2v) is 5.45. The van der Waals surface area contributed by atoms with Crippen LogP contribution in [0.1, 0.15) is 35.3 Å². The zero-order valence-corrected chi connectivity index (χ0v) is 12.9. The van der Waals surface area contributed by atoms with Crippen LogP contribution in [0.3, 0.4) is 0 Å². The van der Waals surface area contributed by atoms with Gasteiger partial charge in [0.05, 0.1) is 23.0 Å². The van der Waals surface area contributed by atoms with E-state index in [4.69, 9.17) is 17.4 Å². The maximum atomic E-state index is 6.26. The number of halogens is 1. The number of nitrogens with two attached hydrogens (primary N) is 1. The van der Waals surface area contributed by atoms with Gasteiger partial charge in [-0.3, -0.25) is 16.0 Å². The van der Waals surface area contributed by atoms with E-state index in [1.807, 2.05) is 11.6 Å². The largest absolute Gasteiger partial charge is 0.271 e. The fourth-order valence-electron chi connectivity index (χ4n) is 2.44. The van der Waals surface area contributed by atoms with E-state index in [0.717, 1.165) is 18.7 Å². The molecular weight excluding hydrogens is 272 g/mol. The van der Waals surface area contributed by atoms with Crippen molar-refractivity contribution in [2.24, 2.45) is 5.84 Å². The summed E-state index contributed by atoms with van der Waals surface area (Å²) in [5.74, 6) is 5.74. The van der Waals surface area contributed by atoms with Crippen LogP contribution in [0.2, 0.25) is 5.02 Å². The van der Waals surface area contributed by atoms with E-state index >= 15 is 0 Å². The maximum Gasteiger partial charge on any atom is 0.0834 e.